The molecule has 3 heterocycles. The fourth-order valence-electron chi connectivity index (χ4n) is 5.35. The summed E-state index contributed by atoms with van der Waals surface area (Å²) < 4.78 is 34.3. The van der Waals surface area contributed by atoms with Crippen molar-refractivity contribution in [2.75, 3.05) is 34.0 Å². The van der Waals surface area contributed by atoms with Gasteiger partial charge in [-0.25, -0.2) is 0 Å². The average Bonchev–Trinajstić information content (AvgIpc) is 3.52. The Morgan fingerprint density at radius 1 is 0.784 bits per heavy atom. The van der Waals surface area contributed by atoms with Gasteiger partial charge >= 0.3 is 0 Å². The smallest absolute Gasteiger partial charge is 0.229 e. The molecule has 3 saturated heterocycles. The van der Waals surface area contributed by atoms with E-state index in [4.69, 9.17) is 28.4 Å². The molecule has 2 aromatic rings. The lowest BCUT2D eigenvalue weighted by Crippen LogP contribution is -2.60. The van der Waals surface area contributed by atoms with Crippen molar-refractivity contribution in [2.45, 2.75) is 42.9 Å². The molecule has 0 aliphatic carbocycles. The van der Waals surface area contributed by atoms with Crippen LogP contribution in [-0.4, -0.2) is 90.3 Å². The van der Waals surface area contributed by atoms with E-state index in [1.807, 2.05) is 12.1 Å². The Labute approximate surface area is 213 Å². The van der Waals surface area contributed by atoms with Gasteiger partial charge < -0.3 is 54.0 Å². The molecule has 37 heavy (non-hydrogen) atoms. The third kappa shape index (κ3) is 4.72. The molecule has 2 aromatic carbocycles. The third-order valence-electron chi connectivity index (χ3n) is 7.40. The first-order chi connectivity index (χ1) is 17.9. The Morgan fingerprint density at radius 2 is 1.38 bits per heavy atom. The molecule has 202 valence electrons. The number of methoxy groups -OCH3 is 2. The summed E-state index contributed by atoms with van der Waals surface area (Å²) in [5, 5.41) is 49.7. The topological polar surface area (TPSA) is 157 Å². The monoisotopic (exact) mass is 520 g/mol. The van der Waals surface area contributed by atoms with Gasteiger partial charge in [-0.3, -0.25) is 0 Å². The van der Waals surface area contributed by atoms with E-state index in [0.29, 0.717) is 24.7 Å². The predicted molar refractivity (Wildman–Crippen MR) is 126 cm³/mol. The highest BCUT2D eigenvalue weighted by Gasteiger charge is 2.49. The second-order valence-electron chi connectivity index (χ2n) is 9.49. The molecule has 0 unspecified atom stereocenters. The lowest BCUT2D eigenvalue weighted by Gasteiger charge is -2.39. The molecule has 0 spiro atoms. The highest BCUT2D eigenvalue weighted by molar-refractivity contribution is 5.45. The maximum atomic E-state index is 10.3. The summed E-state index contributed by atoms with van der Waals surface area (Å²) in [5.41, 5.74) is 1.77. The molecule has 0 aromatic heterocycles. The molecule has 5 rings (SSSR count). The van der Waals surface area contributed by atoms with Gasteiger partial charge in [0.1, 0.15) is 24.4 Å². The van der Waals surface area contributed by atoms with Gasteiger partial charge in [0, 0.05) is 11.8 Å². The number of aliphatic hydroxyl groups is 4. The van der Waals surface area contributed by atoms with Crippen molar-refractivity contribution < 1.29 is 54.0 Å². The third-order valence-corrected chi connectivity index (χ3v) is 7.40. The summed E-state index contributed by atoms with van der Waals surface area (Å²) in [6, 6.07) is 10.5. The highest BCUT2D eigenvalue weighted by atomic mass is 16.7. The number of phenols is 1. The van der Waals surface area contributed by atoms with E-state index in [2.05, 4.69) is 0 Å². The maximum Gasteiger partial charge on any atom is 0.229 e. The van der Waals surface area contributed by atoms with E-state index in [0.717, 1.165) is 11.1 Å². The number of aliphatic hydroxyl groups excluding tert-OH is 4. The number of ether oxygens (including phenoxy) is 6. The zero-order valence-corrected chi connectivity index (χ0v) is 20.5. The molecule has 11 nitrogen and oxygen atoms in total. The van der Waals surface area contributed by atoms with Gasteiger partial charge in [0.2, 0.25) is 6.29 Å². The van der Waals surface area contributed by atoms with E-state index in [1.54, 1.807) is 24.3 Å². The first-order valence-electron chi connectivity index (χ1n) is 12.1. The SMILES string of the molecule is COc1cc([C@@H]2OC[C@@H]3[C@@H]2CO[C@@H]3c2ccc(O[C@H]3O[C@H](CO)[C@@H](O)[C@H](O)[C@H]3O)c(OC)c2)ccc1O. The quantitative estimate of drug-likeness (QED) is 0.349. The first kappa shape index (κ1) is 26.0. The number of rotatable bonds is 7. The molecule has 11 heteroatoms. The molecule has 0 saturated carbocycles. The fraction of sp³-hybridized carbons (Fsp3) is 0.538. The van der Waals surface area contributed by atoms with Crippen molar-refractivity contribution in [2.24, 2.45) is 11.8 Å². The summed E-state index contributed by atoms with van der Waals surface area (Å²) in [6.45, 7) is 0.436. The zero-order valence-electron chi connectivity index (χ0n) is 20.5. The van der Waals surface area contributed by atoms with Crippen LogP contribution < -0.4 is 14.2 Å². The Kier molecular flexibility index (Phi) is 7.46. The van der Waals surface area contributed by atoms with Crippen LogP contribution in [0, 0.1) is 11.8 Å². The van der Waals surface area contributed by atoms with Crippen LogP contribution in [0.3, 0.4) is 0 Å². The minimum Gasteiger partial charge on any atom is -0.504 e. The Hall–Kier alpha value is -2.64. The number of hydrogen-bond acceptors (Lipinski definition) is 11. The summed E-state index contributed by atoms with van der Waals surface area (Å²) in [4.78, 5) is 0. The van der Waals surface area contributed by atoms with Crippen molar-refractivity contribution in [3.63, 3.8) is 0 Å². The van der Waals surface area contributed by atoms with Crippen LogP contribution in [0.25, 0.3) is 0 Å². The van der Waals surface area contributed by atoms with E-state index >= 15 is 0 Å². The minimum atomic E-state index is -1.55. The number of aromatic hydroxyl groups is 1. The van der Waals surface area contributed by atoms with E-state index in [9.17, 15) is 25.5 Å². The molecule has 3 aliphatic heterocycles. The average molecular weight is 521 g/mol. The normalized spacial score (nSPS) is 35.2. The van der Waals surface area contributed by atoms with Crippen LogP contribution in [0.1, 0.15) is 23.3 Å². The fourth-order valence-corrected chi connectivity index (χ4v) is 5.35. The lowest BCUT2D eigenvalue weighted by atomic mass is 9.85. The molecule has 0 radical (unpaired) electrons. The van der Waals surface area contributed by atoms with Crippen LogP contribution >= 0.6 is 0 Å². The summed E-state index contributed by atoms with van der Waals surface area (Å²) >= 11 is 0. The van der Waals surface area contributed by atoms with Crippen LogP contribution in [0.15, 0.2) is 36.4 Å². The predicted octanol–water partition coefficient (Wildman–Crippen LogP) is 0.663. The van der Waals surface area contributed by atoms with Crippen molar-refractivity contribution in [3.8, 4) is 23.0 Å². The second-order valence-corrected chi connectivity index (χ2v) is 9.49. The molecule has 0 amide bonds. The summed E-state index contributed by atoms with van der Waals surface area (Å²) in [5.74, 6) is 1.27. The molecule has 3 aliphatic rings. The van der Waals surface area contributed by atoms with Gasteiger partial charge in [0.05, 0.1) is 46.2 Å². The summed E-state index contributed by atoms with van der Waals surface area (Å²) in [7, 11) is 2.98. The number of benzene rings is 2. The van der Waals surface area contributed by atoms with Crippen molar-refractivity contribution in [1.82, 2.24) is 0 Å². The van der Waals surface area contributed by atoms with Crippen molar-refractivity contribution >= 4 is 0 Å². The van der Waals surface area contributed by atoms with Crippen molar-refractivity contribution in [1.29, 1.82) is 0 Å². The molecular weight excluding hydrogens is 488 g/mol. The van der Waals surface area contributed by atoms with E-state index in [1.165, 1.54) is 14.2 Å². The standard InChI is InChI=1S/C26H32O11/c1-32-18-7-12(3-5-16(18)28)24-14-10-35-25(15(14)11-34-24)13-4-6-17(19(8-13)33-2)36-26-23(31)22(30)21(29)20(9-27)37-26/h3-8,14-15,20-31H,9-11H2,1-2H3/t14-,15+,20+,21+,22-,23+,24-,25+,26-/m0/s1. The summed E-state index contributed by atoms with van der Waals surface area (Å²) in [6.07, 6.45) is -7.41. The van der Waals surface area contributed by atoms with Crippen LogP contribution in [0.5, 0.6) is 23.0 Å². The molecular formula is C26H32O11. The minimum absolute atomic E-state index is 0.0689. The molecule has 3 fully saturated rings. The van der Waals surface area contributed by atoms with E-state index in [-0.39, 0.29) is 35.5 Å². The Bertz CT molecular complexity index is 1090. The second kappa shape index (κ2) is 10.6. The van der Waals surface area contributed by atoms with Crippen LogP contribution in [0.4, 0.5) is 0 Å². The number of hydrogen-bond donors (Lipinski definition) is 5. The van der Waals surface area contributed by atoms with Crippen molar-refractivity contribution in [3.05, 3.63) is 47.5 Å². The zero-order chi connectivity index (χ0) is 26.3. The molecule has 5 N–H and O–H groups in total. The van der Waals surface area contributed by atoms with Crippen LogP contribution in [0.2, 0.25) is 0 Å². The van der Waals surface area contributed by atoms with Gasteiger partial charge in [0.15, 0.2) is 23.0 Å². The van der Waals surface area contributed by atoms with Gasteiger partial charge in [-0.2, -0.15) is 0 Å². The Balaban J connectivity index is 1.32. The highest BCUT2D eigenvalue weighted by Crippen LogP contribution is 2.51. The largest absolute Gasteiger partial charge is 0.504 e. The van der Waals surface area contributed by atoms with Gasteiger partial charge in [-0.1, -0.05) is 12.1 Å². The maximum absolute atomic E-state index is 10.3. The lowest BCUT2D eigenvalue weighted by molar-refractivity contribution is -0.277. The van der Waals surface area contributed by atoms with Gasteiger partial charge in [0.25, 0.3) is 0 Å². The van der Waals surface area contributed by atoms with E-state index < -0.39 is 37.3 Å². The molecule has 0 bridgehead atoms. The number of phenolic OH excluding ortho intramolecular Hbond substituents is 1. The Morgan fingerprint density at radius 3 is 1.97 bits per heavy atom. The first-order valence-corrected chi connectivity index (χ1v) is 12.1. The van der Waals surface area contributed by atoms with Gasteiger partial charge in [-0.15, -0.1) is 0 Å². The number of fused-ring (bicyclic) bond motifs is 1. The van der Waals surface area contributed by atoms with Crippen LogP contribution in [-0.2, 0) is 14.2 Å². The van der Waals surface area contributed by atoms with Gasteiger partial charge in [-0.05, 0) is 35.4 Å². The molecule has 9 atom stereocenters.